The van der Waals surface area contributed by atoms with Crippen molar-refractivity contribution in [3.05, 3.63) is 37.0 Å². The van der Waals surface area contributed by atoms with E-state index in [1.807, 2.05) is 6.08 Å². The average molecular weight is 149 g/mol. The summed E-state index contributed by atoms with van der Waals surface area (Å²) in [6.45, 7) is 7.23. The van der Waals surface area contributed by atoms with Crippen molar-refractivity contribution in [2.45, 2.75) is 32.6 Å². The van der Waals surface area contributed by atoms with Gasteiger partial charge in [0.2, 0.25) is 0 Å². The minimum Gasteiger partial charge on any atom is -0.0917 e. The fourth-order valence-electron chi connectivity index (χ4n) is 0.866. The van der Waals surface area contributed by atoms with E-state index in [4.69, 9.17) is 6.58 Å². The molecule has 0 saturated carbocycles. The predicted molar refractivity (Wildman–Crippen MR) is 51.3 cm³/mol. The van der Waals surface area contributed by atoms with Crippen LogP contribution in [0, 0.1) is 6.58 Å². The van der Waals surface area contributed by atoms with Crippen molar-refractivity contribution in [1.82, 2.24) is 0 Å². The summed E-state index contributed by atoms with van der Waals surface area (Å²) >= 11 is 0. The molecule has 0 unspecified atom stereocenters. The molecule has 0 heterocycles. The summed E-state index contributed by atoms with van der Waals surface area (Å²) in [6, 6.07) is 0. The molecule has 0 fully saturated rings. The predicted octanol–water partition coefficient (Wildman–Crippen LogP) is 3.67. The van der Waals surface area contributed by atoms with E-state index in [0.717, 1.165) is 6.42 Å². The Hall–Kier alpha value is -0.780. The standard InChI is InChI=1S/C11H17/c1-3-5-7-9-11-10-8-6-4-2/h1,3-7H,8-11H2,2H3. The molecule has 0 amide bonds. The van der Waals surface area contributed by atoms with Crippen LogP contribution in [0.4, 0.5) is 0 Å². The molecule has 0 aromatic carbocycles. The lowest BCUT2D eigenvalue weighted by Crippen LogP contribution is -1.71. The minimum atomic E-state index is 1.14. The molecule has 0 nitrogen and oxygen atoms in total. The van der Waals surface area contributed by atoms with Crippen LogP contribution in [-0.2, 0) is 0 Å². The van der Waals surface area contributed by atoms with Gasteiger partial charge in [0.05, 0.1) is 0 Å². The monoisotopic (exact) mass is 149 g/mol. The second-order valence-corrected chi connectivity index (χ2v) is 2.47. The summed E-state index contributed by atoms with van der Waals surface area (Å²) in [5, 5.41) is 0. The van der Waals surface area contributed by atoms with Crippen LogP contribution in [0.15, 0.2) is 30.4 Å². The fourth-order valence-corrected chi connectivity index (χ4v) is 0.866. The summed E-state index contributed by atoms with van der Waals surface area (Å²) < 4.78 is 0. The minimum absolute atomic E-state index is 1.14. The number of rotatable bonds is 6. The van der Waals surface area contributed by atoms with Gasteiger partial charge in [-0.05, 0) is 32.6 Å². The highest BCUT2D eigenvalue weighted by Gasteiger charge is 1.81. The third-order valence-electron chi connectivity index (χ3n) is 1.47. The molecule has 0 aromatic rings. The molecule has 0 N–H and O–H groups in total. The van der Waals surface area contributed by atoms with Gasteiger partial charge in [0.25, 0.3) is 0 Å². The Morgan fingerprint density at radius 1 is 1.09 bits per heavy atom. The molecule has 0 aliphatic carbocycles. The maximum atomic E-state index is 5.17. The zero-order valence-electron chi connectivity index (χ0n) is 7.29. The van der Waals surface area contributed by atoms with Gasteiger partial charge < -0.3 is 0 Å². The van der Waals surface area contributed by atoms with Gasteiger partial charge in [-0.2, -0.15) is 0 Å². The molecular formula is C11H17. The molecule has 0 bridgehead atoms. The molecule has 0 spiro atoms. The summed E-state index contributed by atoms with van der Waals surface area (Å²) in [6.07, 6.45) is 14.8. The normalized spacial score (nSPS) is 11.4. The van der Waals surface area contributed by atoms with Crippen LogP contribution in [-0.4, -0.2) is 0 Å². The SMILES string of the molecule is [CH]=CC=CCCCCC=CC. The van der Waals surface area contributed by atoms with Crippen molar-refractivity contribution >= 4 is 0 Å². The van der Waals surface area contributed by atoms with Gasteiger partial charge >= 0.3 is 0 Å². The van der Waals surface area contributed by atoms with E-state index in [0.29, 0.717) is 0 Å². The molecule has 0 heteroatoms. The van der Waals surface area contributed by atoms with Crippen LogP contribution >= 0.6 is 0 Å². The maximum absolute atomic E-state index is 5.17. The number of hydrogen-bond donors (Lipinski definition) is 0. The van der Waals surface area contributed by atoms with E-state index in [1.165, 1.54) is 19.3 Å². The zero-order valence-corrected chi connectivity index (χ0v) is 7.29. The van der Waals surface area contributed by atoms with E-state index >= 15 is 0 Å². The Labute approximate surface area is 70.3 Å². The van der Waals surface area contributed by atoms with E-state index in [2.05, 4.69) is 25.2 Å². The van der Waals surface area contributed by atoms with Crippen molar-refractivity contribution in [3.8, 4) is 0 Å². The van der Waals surface area contributed by atoms with Gasteiger partial charge in [0.1, 0.15) is 0 Å². The first-order valence-corrected chi connectivity index (χ1v) is 4.23. The molecule has 0 aromatic heterocycles. The van der Waals surface area contributed by atoms with Gasteiger partial charge in [0.15, 0.2) is 0 Å². The first kappa shape index (κ1) is 10.2. The Balaban J connectivity index is 3.02. The van der Waals surface area contributed by atoms with Crippen LogP contribution < -0.4 is 0 Å². The average Bonchev–Trinajstić information content (AvgIpc) is 2.03. The number of allylic oxidation sites excluding steroid dienone is 5. The van der Waals surface area contributed by atoms with Gasteiger partial charge in [-0.3, -0.25) is 0 Å². The van der Waals surface area contributed by atoms with Gasteiger partial charge in [-0.25, -0.2) is 0 Å². The summed E-state index contributed by atoms with van der Waals surface area (Å²) in [4.78, 5) is 0. The maximum Gasteiger partial charge on any atom is -0.0347 e. The molecule has 0 aliphatic heterocycles. The van der Waals surface area contributed by atoms with E-state index in [9.17, 15) is 0 Å². The first-order chi connectivity index (χ1) is 5.41. The van der Waals surface area contributed by atoms with Crippen molar-refractivity contribution in [2.24, 2.45) is 0 Å². The highest BCUT2D eigenvalue weighted by molar-refractivity contribution is 4.95. The lowest BCUT2D eigenvalue weighted by atomic mass is 10.2. The van der Waals surface area contributed by atoms with Crippen LogP contribution in [0.5, 0.6) is 0 Å². The summed E-state index contributed by atoms with van der Waals surface area (Å²) in [7, 11) is 0. The van der Waals surface area contributed by atoms with Gasteiger partial charge in [-0.1, -0.05) is 37.0 Å². The zero-order chi connectivity index (χ0) is 8.36. The summed E-state index contributed by atoms with van der Waals surface area (Å²) in [5.41, 5.74) is 0. The summed E-state index contributed by atoms with van der Waals surface area (Å²) in [5.74, 6) is 0. The molecule has 0 rings (SSSR count). The van der Waals surface area contributed by atoms with E-state index in [-0.39, 0.29) is 0 Å². The Morgan fingerprint density at radius 2 is 1.73 bits per heavy atom. The van der Waals surface area contributed by atoms with Crippen molar-refractivity contribution < 1.29 is 0 Å². The second kappa shape index (κ2) is 9.22. The quantitative estimate of drug-likeness (QED) is 0.307. The van der Waals surface area contributed by atoms with Crippen LogP contribution in [0.25, 0.3) is 0 Å². The largest absolute Gasteiger partial charge is 0.0917 e. The molecular weight excluding hydrogens is 132 g/mol. The highest BCUT2D eigenvalue weighted by Crippen LogP contribution is 2.01. The Morgan fingerprint density at radius 3 is 2.27 bits per heavy atom. The van der Waals surface area contributed by atoms with Crippen LogP contribution in [0.3, 0.4) is 0 Å². The molecule has 0 saturated heterocycles. The topological polar surface area (TPSA) is 0 Å². The molecule has 61 valence electrons. The van der Waals surface area contributed by atoms with Gasteiger partial charge in [0, 0.05) is 0 Å². The third-order valence-corrected chi connectivity index (χ3v) is 1.47. The Kier molecular flexibility index (Phi) is 8.57. The Bertz CT molecular complexity index is 129. The van der Waals surface area contributed by atoms with Crippen molar-refractivity contribution in [3.63, 3.8) is 0 Å². The second-order valence-electron chi connectivity index (χ2n) is 2.47. The molecule has 11 heavy (non-hydrogen) atoms. The lowest BCUT2D eigenvalue weighted by molar-refractivity contribution is 0.762. The molecule has 0 aliphatic rings. The number of unbranched alkanes of at least 4 members (excludes halogenated alkanes) is 3. The van der Waals surface area contributed by atoms with Crippen molar-refractivity contribution in [2.75, 3.05) is 0 Å². The lowest BCUT2D eigenvalue weighted by Gasteiger charge is -1.91. The first-order valence-electron chi connectivity index (χ1n) is 4.23. The van der Waals surface area contributed by atoms with E-state index in [1.54, 1.807) is 6.08 Å². The third kappa shape index (κ3) is 9.22. The van der Waals surface area contributed by atoms with E-state index < -0.39 is 0 Å². The van der Waals surface area contributed by atoms with Gasteiger partial charge in [-0.15, -0.1) is 0 Å². The van der Waals surface area contributed by atoms with Crippen LogP contribution in [0.2, 0.25) is 0 Å². The van der Waals surface area contributed by atoms with Crippen molar-refractivity contribution in [1.29, 1.82) is 0 Å². The highest BCUT2D eigenvalue weighted by atomic mass is 13.9. The number of hydrogen-bond acceptors (Lipinski definition) is 0. The molecule has 0 atom stereocenters. The smallest absolute Gasteiger partial charge is 0.0347 e. The fraction of sp³-hybridized carbons (Fsp3) is 0.455. The van der Waals surface area contributed by atoms with Crippen LogP contribution in [0.1, 0.15) is 32.6 Å². The molecule has 1 radical (unpaired) electrons.